The second-order valence-corrected chi connectivity index (χ2v) is 7.53. The maximum Gasteiger partial charge on any atom is 0.408 e. The smallest absolute Gasteiger partial charge is 0.408 e. The van der Waals surface area contributed by atoms with E-state index in [2.05, 4.69) is 10.6 Å². The standard InChI is InChI=1S/C20H30N2O7/c1-5-27-14-20(11-16(23)24,13-21-17(25)29-19(2,3)4)22-18(26)28-12-15-9-7-6-8-10-15/h6-10H,5,11-14H2,1-4H3,(H,21,25)(H,22,26)(H,23,24). The maximum absolute atomic E-state index is 12.3. The first-order valence-electron chi connectivity index (χ1n) is 9.30. The van der Waals surface area contributed by atoms with Crippen LogP contribution >= 0.6 is 0 Å². The summed E-state index contributed by atoms with van der Waals surface area (Å²) < 4.78 is 15.7. The molecule has 0 aliphatic carbocycles. The lowest BCUT2D eigenvalue weighted by molar-refractivity contribution is -0.139. The van der Waals surface area contributed by atoms with E-state index in [9.17, 15) is 19.5 Å². The van der Waals surface area contributed by atoms with Crippen molar-refractivity contribution in [2.75, 3.05) is 19.8 Å². The Kier molecular flexibility index (Phi) is 9.40. The Bertz CT molecular complexity index is 673. The molecule has 0 aromatic heterocycles. The number of rotatable bonds is 10. The predicted octanol–water partition coefficient (Wildman–Crippen LogP) is 2.69. The lowest BCUT2D eigenvalue weighted by Gasteiger charge is -2.33. The highest BCUT2D eigenvalue weighted by molar-refractivity contribution is 5.74. The van der Waals surface area contributed by atoms with Crippen molar-refractivity contribution in [1.82, 2.24) is 10.6 Å². The van der Waals surface area contributed by atoms with E-state index in [1.54, 1.807) is 39.8 Å². The summed E-state index contributed by atoms with van der Waals surface area (Å²) in [5, 5.41) is 14.4. The van der Waals surface area contributed by atoms with Gasteiger partial charge in [0.25, 0.3) is 0 Å². The van der Waals surface area contributed by atoms with Crippen molar-refractivity contribution in [3.05, 3.63) is 35.9 Å². The molecular formula is C20H30N2O7. The van der Waals surface area contributed by atoms with Crippen LogP contribution in [0.2, 0.25) is 0 Å². The van der Waals surface area contributed by atoms with Gasteiger partial charge in [0.05, 0.1) is 18.6 Å². The highest BCUT2D eigenvalue weighted by Crippen LogP contribution is 2.14. The van der Waals surface area contributed by atoms with Gasteiger partial charge in [-0.25, -0.2) is 9.59 Å². The van der Waals surface area contributed by atoms with Crippen molar-refractivity contribution >= 4 is 18.2 Å². The Hall–Kier alpha value is -2.81. The molecule has 0 saturated heterocycles. The molecule has 0 saturated carbocycles. The first-order valence-corrected chi connectivity index (χ1v) is 9.30. The van der Waals surface area contributed by atoms with E-state index in [1.807, 2.05) is 18.2 Å². The van der Waals surface area contributed by atoms with Gasteiger partial charge in [0.15, 0.2) is 0 Å². The van der Waals surface area contributed by atoms with Gasteiger partial charge in [0.2, 0.25) is 0 Å². The lowest BCUT2D eigenvalue weighted by atomic mass is 9.96. The van der Waals surface area contributed by atoms with E-state index < -0.39 is 35.7 Å². The molecule has 1 aromatic rings. The van der Waals surface area contributed by atoms with E-state index in [0.29, 0.717) is 6.61 Å². The number of nitrogens with one attached hydrogen (secondary N) is 2. The largest absolute Gasteiger partial charge is 0.481 e. The number of aliphatic carboxylic acids is 1. The summed E-state index contributed by atoms with van der Waals surface area (Å²) in [6, 6.07) is 9.05. The molecule has 1 rings (SSSR count). The first kappa shape index (κ1) is 24.2. The van der Waals surface area contributed by atoms with Crippen LogP contribution in [-0.4, -0.2) is 54.2 Å². The highest BCUT2D eigenvalue weighted by atomic mass is 16.6. The van der Waals surface area contributed by atoms with Gasteiger partial charge in [-0.3, -0.25) is 4.79 Å². The van der Waals surface area contributed by atoms with Gasteiger partial charge in [0.1, 0.15) is 12.2 Å². The average Bonchev–Trinajstić information content (AvgIpc) is 2.62. The Morgan fingerprint density at radius 1 is 1.07 bits per heavy atom. The summed E-state index contributed by atoms with van der Waals surface area (Å²) in [7, 11) is 0. The zero-order chi connectivity index (χ0) is 21.9. The van der Waals surface area contributed by atoms with E-state index in [1.165, 1.54) is 0 Å². The molecule has 29 heavy (non-hydrogen) atoms. The minimum atomic E-state index is -1.41. The van der Waals surface area contributed by atoms with Crippen LogP contribution in [0.1, 0.15) is 39.7 Å². The summed E-state index contributed by atoms with van der Waals surface area (Å²) in [5.74, 6) is -1.17. The first-order chi connectivity index (χ1) is 13.6. The monoisotopic (exact) mass is 410 g/mol. The molecule has 0 radical (unpaired) electrons. The molecule has 0 spiro atoms. The van der Waals surface area contributed by atoms with Crippen LogP contribution in [-0.2, 0) is 25.6 Å². The summed E-state index contributed by atoms with van der Waals surface area (Å²) in [5.41, 5.74) is -1.35. The number of amides is 2. The van der Waals surface area contributed by atoms with Gasteiger partial charge in [-0.1, -0.05) is 30.3 Å². The number of benzene rings is 1. The molecule has 9 heteroatoms. The van der Waals surface area contributed by atoms with Crippen LogP contribution in [0.15, 0.2) is 30.3 Å². The van der Waals surface area contributed by atoms with Gasteiger partial charge in [-0.2, -0.15) is 0 Å². The topological polar surface area (TPSA) is 123 Å². The van der Waals surface area contributed by atoms with Gasteiger partial charge in [0, 0.05) is 13.2 Å². The van der Waals surface area contributed by atoms with Crippen LogP contribution in [0.3, 0.4) is 0 Å². The molecule has 3 N–H and O–H groups in total. The maximum atomic E-state index is 12.3. The number of hydrogen-bond acceptors (Lipinski definition) is 6. The summed E-state index contributed by atoms with van der Waals surface area (Å²) in [6.07, 6.45) is -2.03. The third-order valence-corrected chi connectivity index (χ3v) is 3.62. The number of ether oxygens (including phenoxy) is 3. The minimum Gasteiger partial charge on any atom is -0.481 e. The molecule has 1 aromatic carbocycles. The molecule has 0 aliphatic rings. The molecule has 0 heterocycles. The summed E-state index contributed by atoms with van der Waals surface area (Å²) >= 11 is 0. The van der Waals surface area contributed by atoms with Crippen molar-refractivity contribution in [1.29, 1.82) is 0 Å². The van der Waals surface area contributed by atoms with Crippen molar-refractivity contribution < 1.29 is 33.7 Å². The highest BCUT2D eigenvalue weighted by Gasteiger charge is 2.37. The fourth-order valence-electron chi connectivity index (χ4n) is 2.41. The van der Waals surface area contributed by atoms with Crippen molar-refractivity contribution in [2.24, 2.45) is 0 Å². The molecule has 0 aliphatic heterocycles. The van der Waals surface area contributed by atoms with Gasteiger partial charge < -0.3 is 30.0 Å². The van der Waals surface area contributed by atoms with Gasteiger partial charge >= 0.3 is 18.2 Å². The summed E-state index contributed by atoms with van der Waals surface area (Å²) in [6.45, 7) is 6.82. The minimum absolute atomic E-state index is 0.0178. The predicted molar refractivity (Wildman–Crippen MR) is 105 cm³/mol. The van der Waals surface area contributed by atoms with Crippen molar-refractivity contribution in [3.63, 3.8) is 0 Å². The second-order valence-electron chi connectivity index (χ2n) is 7.53. The van der Waals surface area contributed by atoms with E-state index in [0.717, 1.165) is 5.56 Å². The molecular weight excluding hydrogens is 380 g/mol. The fraction of sp³-hybridized carbons (Fsp3) is 0.550. The fourth-order valence-corrected chi connectivity index (χ4v) is 2.41. The van der Waals surface area contributed by atoms with Crippen LogP contribution in [0.4, 0.5) is 9.59 Å². The zero-order valence-corrected chi connectivity index (χ0v) is 17.3. The SMILES string of the molecule is CCOCC(CNC(=O)OC(C)(C)C)(CC(=O)O)NC(=O)OCc1ccccc1. The number of carboxylic acids is 1. The van der Waals surface area contributed by atoms with E-state index >= 15 is 0 Å². The van der Waals surface area contributed by atoms with Crippen LogP contribution in [0.25, 0.3) is 0 Å². The quantitative estimate of drug-likeness (QED) is 0.542. The van der Waals surface area contributed by atoms with E-state index in [-0.39, 0.29) is 19.8 Å². The van der Waals surface area contributed by atoms with Crippen LogP contribution in [0.5, 0.6) is 0 Å². The Labute approximate surface area is 170 Å². The average molecular weight is 410 g/mol. The number of carbonyl (C=O) groups is 3. The van der Waals surface area contributed by atoms with Crippen molar-refractivity contribution in [3.8, 4) is 0 Å². The molecule has 0 fully saturated rings. The Morgan fingerprint density at radius 3 is 2.28 bits per heavy atom. The van der Waals surface area contributed by atoms with Crippen LogP contribution < -0.4 is 10.6 Å². The molecule has 0 bridgehead atoms. The normalized spacial score (nSPS) is 13.1. The molecule has 9 nitrogen and oxygen atoms in total. The lowest BCUT2D eigenvalue weighted by Crippen LogP contribution is -2.60. The zero-order valence-electron chi connectivity index (χ0n) is 17.3. The third-order valence-electron chi connectivity index (χ3n) is 3.62. The summed E-state index contributed by atoms with van der Waals surface area (Å²) in [4.78, 5) is 35.7. The van der Waals surface area contributed by atoms with E-state index in [4.69, 9.17) is 14.2 Å². The molecule has 162 valence electrons. The van der Waals surface area contributed by atoms with Gasteiger partial charge in [-0.05, 0) is 33.3 Å². The molecule has 1 unspecified atom stereocenters. The third kappa shape index (κ3) is 10.3. The number of hydrogen-bond donors (Lipinski definition) is 3. The van der Waals surface area contributed by atoms with Crippen LogP contribution in [0, 0.1) is 0 Å². The number of carbonyl (C=O) groups excluding carboxylic acids is 2. The number of carboxylic acid groups (broad SMARTS) is 1. The van der Waals surface area contributed by atoms with Crippen molar-refractivity contribution in [2.45, 2.75) is 51.9 Å². The second kappa shape index (κ2) is 11.3. The Balaban J connectivity index is 2.84. The van der Waals surface area contributed by atoms with Gasteiger partial charge in [-0.15, -0.1) is 0 Å². The molecule has 2 amide bonds. The Morgan fingerprint density at radius 2 is 1.72 bits per heavy atom. The molecule has 1 atom stereocenters. The number of alkyl carbamates (subject to hydrolysis) is 2.